The Balaban J connectivity index is 4.38. The lowest BCUT2D eigenvalue weighted by Crippen LogP contribution is -2.43. The summed E-state index contributed by atoms with van der Waals surface area (Å²) in [6.45, 7) is 17.3. The lowest BCUT2D eigenvalue weighted by atomic mass is 10.2. The average molecular weight is 313 g/mol. The molecule has 0 rings (SSSR count). The summed E-state index contributed by atoms with van der Waals surface area (Å²) >= 11 is 0. The van der Waals surface area contributed by atoms with E-state index in [1.807, 2.05) is 12.2 Å². The third-order valence-electron chi connectivity index (χ3n) is 3.85. The minimum Gasteiger partial charge on any atom is -0.463 e. The van der Waals surface area contributed by atoms with Crippen molar-refractivity contribution in [1.82, 2.24) is 0 Å². The minimum absolute atomic E-state index is 0.193. The van der Waals surface area contributed by atoms with E-state index >= 15 is 0 Å². The fraction of sp³-hybridized carbons (Fsp3) is 0.706. The van der Waals surface area contributed by atoms with E-state index < -0.39 is 8.32 Å². The van der Waals surface area contributed by atoms with E-state index in [2.05, 4.69) is 40.8 Å². The molecule has 0 heterocycles. The maximum atomic E-state index is 11.4. The molecule has 4 heteroatoms. The van der Waals surface area contributed by atoms with Crippen molar-refractivity contribution in [3.63, 3.8) is 0 Å². The number of esters is 1. The summed E-state index contributed by atoms with van der Waals surface area (Å²) in [6, 6.07) is 0. The van der Waals surface area contributed by atoms with Crippen molar-refractivity contribution in [3.05, 3.63) is 23.8 Å². The van der Waals surface area contributed by atoms with Gasteiger partial charge in [0.25, 0.3) is 0 Å². The summed E-state index contributed by atoms with van der Waals surface area (Å²) in [5.41, 5.74) is 0.617. The Morgan fingerprint density at radius 2 is 1.86 bits per heavy atom. The number of hydrogen-bond donors (Lipinski definition) is 0. The molecule has 0 aromatic rings. The Labute approximate surface area is 131 Å². The third-order valence-corrected chi connectivity index (χ3v) is 8.45. The molecule has 0 amide bonds. The van der Waals surface area contributed by atoms with Gasteiger partial charge in [0.2, 0.25) is 0 Å². The quantitative estimate of drug-likeness (QED) is 0.292. The van der Waals surface area contributed by atoms with Gasteiger partial charge in [0.1, 0.15) is 0 Å². The normalized spacial score (nSPS) is 15.3. The molecular formula is C17H32O3Si. The lowest BCUT2D eigenvalue weighted by Gasteiger charge is -2.38. The molecule has 3 nitrogen and oxygen atoms in total. The Kier molecular flexibility index (Phi) is 8.19. The summed E-state index contributed by atoms with van der Waals surface area (Å²) in [7, 11) is -1.70. The molecule has 0 bridgehead atoms. The molecule has 0 fully saturated rings. The van der Waals surface area contributed by atoms with Crippen LogP contribution in [-0.2, 0) is 14.0 Å². The van der Waals surface area contributed by atoms with E-state index in [4.69, 9.17) is 9.16 Å². The summed E-state index contributed by atoms with van der Waals surface area (Å²) in [5.74, 6) is -0.257. The maximum Gasteiger partial charge on any atom is 0.333 e. The molecule has 0 aliphatic rings. The molecule has 0 N–H and O–H groups in total. The van der Waals surface area contributed by atoms with Crippen LogP contribution in [-0.4, -0.2) is 27.0 Å². The average Bonchev–Trinajstić information content (AvgIpc) is 2.32. The van der Waals surface area contributed by atoms with Crippen LogP contribution in [0.4, 0.5) is 0 Å². The van der Waals surface area contributed by atoms with Crippen LogP contribution >= 0.6 is 0 Å². The third kappa shape index (κ3) is 7.62. The van der Waals surface area contributed by atoms with Gasteiger partial charge >= 0.3 is 5.97 Å². The first-order valence-corrected chi connectivity index (χ1v) is 10.6. The monoisotopic (exact) mass is 312 g/mol. The highest BCUT2D eigenvalue weighted by atomic mass is 28.4. The fourth-order valence-electron chi connectivity index (χ4n) is 1.52. The van der Waals surface area contributed by atoms with E-state index in [0.717, 1.165) is 6.42 Å². The standard InChI is InChI=1S/C17H32O3Si/c1-9-19-16(18)14(2)12-10-11-13-15(3)20-21(7,8)17(4,5)6/h10-12,15H,9,13H2,1-8H3/b11-10+,14-12+. The van der Waals surface area contributed by atoms with Crippen LogP contribution in [0.15, 0.2) is 23.8 Å². The van der Waals surface area contributed by atoms with Gasteiger partial charge in [-0.2, -0.15) is 0 Å². The summed E-state index contributed by atoms with van der Waals surface area (Å²) in [6.07, 6.45) is 6.77. The van der Waals surface area contributed by atoms with Gasteiger partial charge in [0.15, 0.2) is 8.32 Å². The smallest absolute Gasteiger partial charge is 0.333 e. The predicted molar refractivity (Wildman–Crippen MR) is 91.9 cm³/mol. The van der Waals surface area contributed by atoms with Gasteiger partial charge in [-0.05, 0) is 45.3 Å². The van der Waals surface area contributed by atoms with Gasteiger partial charge in [0.05, 0.1) is 6.61 Å². The van der Waals surface area contributed by atoms with Crippen LogP contribution < -0.4 is 0 Å². The van der Waals surface area contributed by atoms with Crippen LogP contribution in [0.2, 0.25) is 18.1 Å². The molecule has 0 aliphatic carbocycles. The Bertz CT molecular complexity index is 389. The van der Waals surface area contributed by atoms with Gasteiger partial charge in [-0.25, -0.2) is 4.79 Å². The van der Waals surface area contributed by atoms with Crippen molar-refractivity contribution in [1.29, 1.82) is 0 Å². The zero-order valence-corrected chi connectivity index (χ0v) is 15.9. The van der Waals surface area contributed by atoms with Crippen LogP contribution in [0.1, 0.15) is 48.0 Å². The molecule has 0 saturated carbocycles. The molecular weight excluding hydrogens is 280 g/mol. The number of hydrogen-bond acceptors (Lipinski definition) is 3. The first-order chi connectivity index (χ1) is 9.51. The maximum absolute atomic E-state index is 11.4. The van der Waals surface area contributed by atoms with E-state index in [1.165, 1.54) is 0 Å². The van der Waals surface area contributed by atoms with Crippen molar-refractivity contribution in [2.45, 2.75) is 72.2 Å². The molecule has 1 atom stereocenters. The van der Waals surface area contributed by atoms with Gasteiger partial charge in [0, 0.05) is 11.7 Å². The van der Waals surface area contributed by atoms with Crippen LogP contribution in [0, 0.1) is 0 Å². The highest BCUT2D eigenvalue weighted by Gasteiger charge is 2.38. The largest absolute Gasteiger partial charge is 0.463 e. The molecule has 0 aliphatic heterocycles. The number of allylic oxidation sites excluding steroid dienone is 2. The second kappa shape index (κ2) is 8.54. The molecule has 0 spiro atoms. The number of ether oxygens (including phenoxy) is 1. The van der Waals surface area contributed by atoms with Gasteiger partial charge in [-0.1, -0.05) is 39.0 Å². The van der Waals surface area contributed by atoms with Gasteiger partial charge in [-0.15, -0.1) is 0 Å². The number of rotatable bonds is 7. The minimum atomic E-state index is -1.70. The van der Waals surface area contributed by atoms with Crippen molar-refractivity contribution in [2.75, 3.05) is 6.61 Å². The van der Waals surface area contributed by atoms with Crippen molar-refractivity contribution >= 4 is 14.3 Å². The van der Waals surface area contributed by atoms with E-state index in [9.17, 15) is 4.79 Å². The van der Waals surface area contributed by atoms with Crippen LogP contribution in [0.25, 0.3) is 0 Å². The fourth-order valence-corrected chi connectivity index (χ4v) is 2.98. The van der Waals surface area contributed by atoms with E-state index in [-0.39, 0.29) is 17.1 Å². The topological polar surface area (TPSA) is 35.5 Å². The zero-order valence-electron chi connectivity index (χ0n) is 14.9. The summed E-state index contributed by atoms with van der Waals surface area (Å²) in [4.78, 5) is 11.4. The SMILES string of the molecule is CCOC(=O)/C(C)=C/C=C/CC(C)O[Si](C)(C)C(C)(C)C. The molecule has 21 heavy (non-hydrogen) atoms. The Morgan fingerprint density at radius 3 is 2.33 bits per heavy atom. The van der Waals surface area contributed by atoms with Crippen molar-refractivity contribution < 1.29 is 14.0 Å². The Hall–Kier alpha value is -0.873. The first-order valence-electron chi connectivity index (χ1n) is 7.69. The Morgan fingerprint density at radius 1 is 1.29 bits per heavy atom. The second-order valence-corrected chi connectivity index (χ2v) is 11.7. The van der Waals surface area contributed by atoms with Crippen molar-refractivity contribution in [2.24, 2.45) is 0 Å². The van der Waals surface area contributed by atoms with Crippen LogP contribution in [0.3, 0.4) is 0 Å². The van der Waals surface area contributed by atoms with E-state index in [1.54, 1.807) is 19.9 Å². The molecule has 122 valence electrons. The molecule has 1 unspecified atom stereocenters. The van der Waals surface area contributed by atoms with Gasteiger partial charge < -0.3 is 9.16 Å². The second-order valence-electron chi connectivity index (χ2n) is 6.92. The first kappa shape index (κ1) is 20.1. The number of carbonyl (C=O) groups is 1. The van der Waals surface area contributed by atoms with Crippen LogP contribution in [0.5, 0.6) is 0 Å². The van der Waals surface area contributed by atoms with E-state index in [0.29, 0.717) is 12.2 Å². The zero-order chi connectivity index (χ0) is 16.7. The molecule has 0 aromatic carbocycles. The number of carbonyl (C=O) groups excluding carboxylic acids is 1. The lowest BCUT2D eigenvalue weighted by molar-refractivity contribution is -0.138. The molecule has 0 saturated heterocycles. The van der Waals surface area contributed by atoms with Crippen molar-refractivity contribution in [3.8, 4) is 0 Å². The summed E-state index contributed by atoms with van der Waals surface area (Å²) in [5, 5.41) is 0.228. The summed E-state index contributed by atoms with van der Waals surface area (Å²) < 4.78 is 11.2. The highest BCUT2D eigenvalue weighted by molar-refractivity contribution is 6.74. The van der Waals surface area contributed by atoms with Gasteiger partial charge in [-0.3, -0.25) is 0 Å². The molecule has 0 radical (unpaired) electrons. The molecule has 0 aromatic heterocycles. The predicted octanol–water partition coefficient (Wildman–Crippen LogP) is 4.85. The highest BCUT2D eigenvalue weighted by Crippen LogP contribution is 2.37.